The fraction of sp³-hybridized carbons (Fsp3) is 0.0625. The van der Waals surface area contributed by atoms with Crippen molar-refractivity contribution in [3.63, 3.8) is 0 Å². The zero-order valence-electron chi connectivity index (χ0n) is 12.5. The van der Waals surface area contributed by atoms with Crippen molar-refractivity contribution in [1.29, 1.82) is 0 Å². The highest BCUT2D eigenvalue weighted by atomic mass is 19.1. The molecule has 0 aliphatic heterocycles. The van der Waals surface area contributed by atoms with Crippen molar-refractivity contribution in [2.24, 2.45) is 0 Å². The van der Waals surface area contributed by atoms with Gasteiger partial charge in [-0.25, -0.2) is 4.39 Å². The molecule has 120 valence electrons. The summed E-state index contributed by atoms with van der Waals surface area (Å²) in [5.41, 5.74) is 2.54. The second kappa shape index (κ2) is 5.99. The summed E-state index contributed by atoms with van der Waals surface area (Å²) in [4.78, 5) is 0. The van der Waals surface area contributed by atoms with E-state index in [1.54, 1.807) is 12.3 Å². The SMILES string of the molecule is Fc1cccc(CNc2nnc(Nc3ccc4[nH]ncc4c3)o2)c1. The van der Waals surface area contributed by atoms with Crippen molar-refractivity contribution < 1.29 is 8.81 Å². The van der Waals surface area contributed by atoms with Gasteiger partial charge in [0, 0.05) is 17.6 Å². The summed E-state index contributed by atoms with van der Waals surface area (Å²) in [6.45, 7) is 0.389. The molecule has 2 aromatic carbocycles. The molecular weight excluding hydrogens is 311 g/mol. The van der Waals surface area contributed by atoms with E-state index in [0.29, 0.717) is 6.54 Å². The monoisotopic (exact) mass is 324 g/mol. The molecule has 2 heterocycles. The third-order valence-electron chi connectivity index (χ3n) is 3.45. The Morgan fingerprint density at radius 1 is 1.08 bits per heavy atom. The maximum absolute atomic E-state index is 13.1. The van der Waals surface area contributed by atoms with Crippen LogP contribution in [0.1, 0.15) is 5.56 Å². The van der Waals surface area contributed by atoms with Crippen LogP contribution in [0.5, 0.6) is 0 Å². The van der Waals surface area contributed by atoms with E-state index in [1.165, 1.54) is 12.1 Å². The van der Waals surface area contributed by atoms with Gasteiger partial charge >= 0.3 is 12.0 Å². The molecule has 0 fully saturated rings. The van der Waals surface area contributed by atoms with E-state index in [4.69, 9.17) is 4.42 Å². The van der Waals surface area contributed by atoms with E-state index in [0.717, 1.165) is 22.2 Å². The van der Waals surface area contributed by atoms with Gasteiger partial charge in [0.2, 0.25) is 0 Å². The standard InChI is InChI=1S/C16H13FN6O/c17-12-3-1-2-10(6-12)8-18-15-22-23-16(24-15)20-13-4-5-14-11(7-13)9-19-21-14/h1-7,9H,8H2,(H,18,22)(H,19,21)(H,20,23). The first kappa shape index (κ1) is 14.2. The van der Waals surface area contributed by atoms with Gasteiger partial charge in [0.1, 0.15) is 5.82 Å². The van der Waals surface area contributed by atoms with Crippen LogP contribution in [0.2, 0.25) is 0 Å². The number of halogens is 1. The van der Waals surface area contributed by atoms with Crippen LogP contribution in [-0.4, -0.2) is 20.4 Å². The lowest BCUT2D eigenvalue weighted by Crippen LogP contribution is -1.99. The molecular formula is C16H13FN6O. The molecule has 8 heteroatoms. The number of anilines is 3. The molecule has 0 amide bonds. The maximum atomic E-state index is 13.1. The average molecular weight is 324 g/mol. The van der Waals surface area contributed by atoms with Crippen LogP contribution in [0.3, 0.4) is 0 Å². The Morgan fingerprint density at radius 3 is 2.92 bits per heavy atom. The first-order valence-electron chi connectivity index (χ1n) is 7.28. The fourth-order valence-electron chi connectivity index (χ4n) is 2.31. The van der Waals surface area contributed by atoms with Crippen LogP contribution in [-0.2, 0) is 6.54 Å². The Balaban J connectivity index is 1.42. The third kappa shape index (κ3) is 3.02. The number of aromatic amines is 1. The zero-order chi connectivity index (χ0) is 16.4. The molecule has 0 aliphatic rings. The summed E-state index contributed by atoms with van der Waals surface area (Å²) in [6.07, 6.45) is 1.74. The van der Waals surface area contributed by atoms with Crippen molar-refractivity contribution >= 4 is 28.6 Å². The van der Waals surface area contributed by atoms with Gasteiger partial charge in [-0.15, -0.1) is 0 Å². The molecule has 0 radical (unpaired) electrons. The molecule has 2 aromatic heterocycles. The molecule has 4 rings (SSSR count). The van der Waals surface area contributed by atoms with Crippen LogP contribution in [0.25, 0.3) is 10.9 Å². The Kier molecular flexibility index (Phi) is 3.54. The van der Waals surface area contributed by atoms with Crippen LogP contribution in [0, 0.1) is 5.82 Å². The molecule has 3 N–H and O–H groups in total. The molecule has 0 bridgehead atoms. The zero-order valence-corrected chi connectivity index (χ0v) is 12.5. The number of nitrogens with one attached hydrogen (secondary N) is 3. The number of nitrogens with zero attached hydrogens (tertiary/aromatic N) is 3. The summed E-state index contributed by atoms with van der Waals surface area (Å²) in [6, 6.07) is 12.5. The summed E-state index contributed by atoms with van der Waals surface area (Å²) in [7, 11) is 0. The van der Waals surface area contributed by atoms with Gasteiger partial charge in [-0.3, -0.25) is 5.10 Å². The fourth-order valence-corrected chi connectivity index (χ4v) is 2.31. The van der Waals surface area contributed by atoms with Gasteiger partial charge in [-0.2, -0.15) is 5.10 Å². The second-order valence-corrected chi connectivity index (χ2v) is 5.19. The van der Waals surface area contributed by atoms with E-state index >= 15 is 0 Å². The van der Waals surface area contributed by atoms with Gasteiger partial charge in [0.15, 0.2) is 0 Å². The first-order chi connectivity index (χ1) is 11.8. The number of hydrogen-bond donors (Lipinski definition) is 3. The summed E-state index contributed by atoms with van der Waals surface area (Å²) in [5.74, 6) is -0.281. The average Bonchev–Trinajstić information content (AvgIpc) is 3.22. The van der Waals surface area contributed by atoms with Crippen LogP contribution in [0.15, 0.2) is 53.1 Å². The van der Waals surface area contributed by atoms with Crippen molar-refractivity contribution in [2.75, 3.05) is 10.6 Å². The maximum Gasteiger partial charge on any atom is 0.321 e. The molecule has 24 heavy (non-hydrogen) atoms. The molecule has 0 unspecified atom stereocenters. The highest BCUT2D eigenvalue weighted by molar-refractivity contribution is 5.82. The lowest BCUT2D eigenvalue weighted by atomic mass is 10.2. The number of hydrogen-bond acceptors (Lipinski definition) is 6. The number of fused-ring (bicyclic) bond motifs is 1. The van der Waals surface area contributed by atoms with Crippen molar-refractivity contribution in [3.05, 3.63) is 60.0 Å². The number of benzene rings is 2. The van der Waals surface area contributed by atoms with Crippen molar-refractivity contribution in [2.45, 2.75) is 6.54 Å². The summed E-state index contributed by atoms with van der Waals surface area (Å²) in [5, 5.41) is 21.6. The van der Waals surface area contributed by atoms with Crippen molar-refractivity contribution in [3.8, 4) is 0 Å². The van der Waals surface area contributed by atoms with Crippen molar-refractivity contribution in [1.82, 2.24) is 20.4 Å². The second-order valence-electron chi connectivity index (χ2n) is 5.19. The van der Waals surface area contributed by atoms with E-state index in [2.05, 4.69) is 31.0 Å². The smallest absolute Gasteiger partial charge is 0.321 e. The van der Waals surface area contributed by atoms with Crippen LogP contribution < -0.4 is 10.6 Å². The van der Waals surface area contributed by atoms with Gasteiger partial charge in [-0.1, -0.05) is 22.3 Å². The van der Waals surface area contributed by atoms with Gasteiger partial charge in [-0.05, 0) is 35.9 Å². The molecule has 0 aliphatic carbocycles. The minimum atomic E-state index is -0.281. The number of H-pyrrole nitrogens is 1. The molecule has 0 atom stereocenters. The predicted octanol–water partition coefficient (Wildman–Crippen LogP) is 3.44. The van der Waals surface area contributed by atoms with E-state index < -0.39 is 0 Å². The largest absolute Gasteiger partial charge is 0.389 e. The first-order valence-corrected chi connectivity index (χ1v) is 7.28. The highest BCUT2D eigenvalue weighted by Crippen LogP contribution is 2.21. The minimum absolute atomic E-state index is 0.256. The Labute approximate surface area is 135 Å². The van der Waals surface area contributed by atoms with Gasteiger partial charge in [0.25, 0.3) is 0 Å². The number of rotatable bonds is 5. The van der Waals surface area contributed by atoms with Gasteiger partial charge < -0.3 is 15.1 Å². The highest BCUT2D eigenvalue weighted by Gasteiger charge is 2.07. The molecule has 0 saturated carbocycles. The lowest BCUT2D eigenvalue weighted by Gasteiger charge is -2.02. The Morgan fingerprint density at radius 2 is 2.00 bits per heavy atom. The molecule has 4 aromatic rings. The molecule has 0 spiro atoms. The van der Waals surface area contributed by atoms with Crippen LogP contribution in [0.4, 0.5) is 22.1 Å². The lowest BCUT2D eigenvalue weighted by molar-refractivity contribution is 0.583. The van der Waals surface area contributed by atoms with E-state index in [-0.39, 0.29) is 17.8 Å². The third-order valence-corrected chi connectivity index (χ3v) is 3.45. The van der Waals surface area contributed by atoms with E-state index in [1.807, 2.05) is 24.3 Å². The van der Waals surface area contributed by atoms with E-state index in [9.17, 15) is 4.39 Å². The minimum Gasteiger partial charge on any atom is -0.389 e. The molecule has 0 saturated heterocycles. The quantitative estimate of drug-likeness (QED) is 0.521. The topological polar surface area (TPSA) is 91.7 Å². The Hall–Kier alpha value is -3.42. The van der Waals surface area contributed by atoms with Crippen LogP contribution >= 0.6 is 0 Å². The summed E-state index contributed by atoms with van der Waals surface area (Å²) < 4.78 is 18.6. The normalized spacial score (nSPS) is 10.9. The Bertz CT molecular complexity index is 979. The number of aromatic nitrogens is 4. The molecule has 7 nitrogen and oxygen atoms in total. The summed E-state index contributed by atoms with van der Waals surface area (Å²) >= 11 is 0. The predicted molar refractivity (Wildman–Crippen MR) is 87.4 cm³/mol. The van der Waals surface area contributed by atoms with Gasteiger partial charge in [0.05, 0.1) is 11.7 Å².